The lowest BCUT2D eigenvalue weighted by Gasteiger charge is -2.24. The molecule has 0 radical (unpaired) electrons. The van der Waals surface area contributed by atoms with E-state index in [1.54, 1.807) is 11.0 Å². The average Bonchev–Trinajstić information content (AvgIpc) is 2.06. The molecular weight excluding hydrogens is 156 g/mol. The van der Waals surface area contributed by atoms with Crippen molar-refractivity contribution >= 4 is 11.7 Å². The molecule has 0 N–H and O–H groups in total. The van der Waals surface area contributed by atoms with Crippen LogP contribution in [0.2, 0.25) is 0 Å². The molecule has 4 nitrogen and oxygen atoms in total. The summed E-state index contributed by atoms with van der Waals surface area (Å²) >= 11 is 0. The Labute approximate surface area is 70.8 Å². The SMILES string of the molecule is N#CCC(=O)N1CCC(=O)CC1. The maximum Gasteiger partial charge on any atom is 0.236 e. The lowest BCUT2D eigenvalue weighted by Crippen LogP contribution is -2.38. The monoisotopic (exact) mass is 166 g/mol. The first-order chi connectivity index (χ1) is 5.74. The molecule has 0 bridgehead atoms. The minimum absolute atomic E-state index is 0.0752. The molecule has 4 heteroatoms. The molecule has 0 aromatic carbocycles. The van der Waals surface area contributed by atoms with E-state index in [0.717, 1.165) is 0 Å². The standard InChI is InChI=1S/C8H10N2O2/c9-4-1-8(12)10-5-2-7(11)3-6-10/h1-3,5-6H2. The summed E-state index contributed by atoms with van der Waals surface area (Å²) in [5.74, 6) is 0.0426. The van der Waals surface area contributed by atoms with Crippen molar-refractivity contribution in [1.82, 2.24) is 4.90 Å². The van der Waals surface area contributed by atoms with Gasteiger partial charge < -0.3 is 4.90 Å². The number of carbonyl (C=O) groups is 2. The van der Waals surface area contributed by atoms with Crippen LogP contribution >= 0.6 is 0 Å². The van der Waals surface area contributed by atoms with Gasteiger partial charge in [0.05, 0.1) is 6.07 Å². The predicted molar refractivity (Wildman–Crippen MR) is 41.1 cm³/mol. The van der Waals surface area contributed by atoms with Crippen molar-refractivity contribution in [2.75, 3.05) is 13.1 Å². The molecule has 0 atom stereocenters. The van der Waals surface area contributed by atoms with Gasteiger partial charge in [0.2, 0.25) is 5.91 Å². The Morgan fingerprint density at radius 3 is 2.58 bits per heavy atom. The van der Waals surface area contributed by atoms with Gasteiger partial charge in [-0.3, -0.25) is 9.59 Å². The number of piperidine rings is 1. The van der Waals surface area contributed by atoms with Gasteiger partial charge in [0.15, 0.2) is 0 Å². The number of nitrogens with zero attached hydrogens (tertiary/aromatic N) is 2. The van der Waals surface area contributed by atoms with Crippen molar-refractivity contribution in [3.05, 3.63) is 0 Å². The first-order valence-electron chi connectivity index (χ1n) is 3.90. The Kier molecular flexibility index (Phi) is 2.81. The number of hydrogen-bond donors (Lipinski definition) is 0. The summed E-state index contributed by atoms with van der Waals surface area (Å²) < 4.78 is 0. The van der Waals surface area contributed by atoms with Crippen molar-refractivity contribution in [3.8, 4) is 6.07 Å². The number of nitriles is 1. The van der Waals surface area contributed by atoms with E-state index in [0.29, 0.717) is 25.9 Å². The number of amides is 1. The second-order valence-corrected chi connectivity index (χ2v) is 2.75. The second-order valence-electron chi connectivity index (χ2n) is 2.75. The highest BCUT2D eigenvalue weighted by Gasteiger charge is 2.19. The van der Waals surface area contributed by atoms with Gasteiger partial charge in [0, 0.05) is 25.9 Å². The van der Waals surface area contributed by atoms with E-state index in [-0.39, 0.29) is 18.1 Å². The van der Waals surface area contributed by atoms with E-state index in [1.165, 1.54) is 0 Å². The van der Waals surface area contributed by atoms with Crippen LogP contribution in [0.25, 0.3) is 0 Å². The van der Waals surface area contributed by atoms with Crippen LogP contribution in [0.15, 0.2) is 0 Å². The highest BCUT2D eigenvalue weighted by Crippen LogP contribution is 2.06. The summed E-state index contributed by atoms with van der Waals surface area (Å²) in [6, 6.07) is 1.80. The second kappa shape index (κ2) is 3.86. The topological polar surface area (TPSA) is 61.2 Å². The molecule has 1 heterocycles. The van der Waals surface area contributed by atoms with Crippen LogP contribution in [0.5, 0.6) is 0 Å². The van der Waals surface area contributed by atoms with Gasteiger partial charge in [0.25, 0.3) is 0 Å². The maximum atomic E-state index is 11.1. The van der Waals surface area contributed by atoms with Crippen LogP contribution in [0.3, 0.4) is 0 Å². The summed E-state index contributed by atoms with van der Waals surface area (Å²) in [5.41, 5.74) is 0. The largest absolute Gasteiger partial charge is 0.341 e. The molecule has 0 unspecified atom stereocenters. The number of hydrogen-bond acceptors (Lipinski definition) is 3. The molecular formula is C8H10N2O2. The highest BCUT2D eigenvalue weighted by atomic mass is 16.2. The van der Waals surface area contributed by atoms with Crippen LogP contribution in [0, 0.1) is 11.3 Å². The fourth-order valence-corrected chi connectivity index (χ4v) is 1.18. The van der Waals surface area contributed by atoms with Gasteiger partial charge in [-0.2, -0.15) is 5.26 Å². The van der Waals surface area contributed by atoms with Crippen LogP contribution < -0.4 is 0 Å². The lowest BCUT2D eigenvalue weighted by atomic mass is 10.1. The van der Waals surface area contributed by atoms with Gasteiger partial charge in [0.1, 0.15) is 12.2 Å². The summed E-state index contributed by atoms with van der Waals surface area (Å²) in [5, 5.41) is 8.25. The molecule has 0 aromatic rings. The Hall–Kier alpha value is -1.37. The average molecular weight is 166 g/mol. The molecule has 1 aliphatic heterocycles. The third-order valence-electron chi connectivity index (χ3n) is 1.90. The van der Waals surface area contributed by atoms with Crippen molar-refractivity contribution in [2.24, 2.45) is 0 Å². The Bertz CT molecular complexity index is 232. The van der Waals surface area contributed by atoms with Crippen molar-refractivity contribution in [2.45, 2.75) is 19.3 Å². The fourth-order valence-electron chi connectivity index (χ4n) is 1.18. The van der Waals surface area contributed by atoms with E-state index in [1.807, 2.05) is 0 Å². The number of likely N-dealkylation sites (tertiary alicyclic amines) is 1. The molecule has 0 spiro atoms. The molecule has 1 rings (SSSR count). The van der Waals surface area contributed by atoms with Gasteiger partial charge >= 0.3 is 0 Å². The Morgan fingerprint density at radius 2 is 2.08 bits per heavy atom. The normalized spacial score (nSPS) is 17.2. The van der Waals surface area contributed by atoms with Crippen LogP contribution in [0.1, 0.15) is 19.3 Å². The zero-order chi connectivity index (χ0) is 8.97. The fraction of sp³-hybridized carbons (Fsp3) is 0.625. The summed E-state index contributed by atoms with van der Waals surface area (Å²) in [4.78, 5) is 23.5. The quantitative estimate of drug-likeness (QED) is 0.554. The predicted octanol–water partition coefficient (Wildman–Crippen LogP) is 0.0916. The van der Waals surface area contributed by atoms with Gasteiger partial charge in [-0.25, -0.2) is 0 Å². The number of Topliss-reactive ketones (excluding diaryl/α,β-unsaturated/α-hetero) is 1. The molecule has 0 aromatic heterocycles. The minimum Gasteiger partial charge on any atom is -0.341 e. The smallest absolute Gasteiger partial charge is 0.236 e. The zero-order valence-electron chi connectivity index (χ0n) is 6.75. The molecule has 64 valence electrons. The Morgan fingerprint density at radius 1 is 1.50 bits per heavy atom. The highest BCUT2D eigenvalue weighted by molar-refractivity contribution is 5.84. The number of ketones is 1. The summed E-state index contributed by atoms with van der Waals surface area (Å²) in [7, 11) is 0. The Balaban J connectivity index is 2.40. The van der Waals surface area contributed by atoms with E-state index >= 15 is 0 Å². The molecule has 1 fully saturated rings. The van der Waals surface area contributed by atoms with Crippen molar-refractivity contribution in [1.29, 1.82) is 5.26 Å². The number of rotatable bonds is 1. The molecule has 0 aliphatic carbocycles. The molecule has 0 saturated carbocycles. The van der Waals surface area contributed by atoms with Gasteiger partial charge in [-0.05, 0) is 0 Å². The van der Waals surface area contributed by atoms with E-state index in [9.17, 15) is 9.59 Å². The van der Waals surface area contributed by atoms with Gasteiger partial charge in [-0.1, -0.05) is 0 Å². The first kappa shape index (κ1) is 8.72. The number of carbonyl (C=O) groups excluding carboxylic acids is 2. The van der Waals surface area contributed by atoms with Crippen LogP contribution in [-0.4, -0.2) is 29.7 Å². The molecule has 12 heavy (non-hydrogen) atoms. The van der Waals surface area contributed by atoms with Crippen molar-refractivity contribution in [3.63, 3.8) is 0 Å². The molecule has 1 saturated heterocycles. The summed E-state index contributed by atoms with van der Waals surface area (Å²) in [6.07, 6.45) is 0.808. The van der Waals surface area contributed by atoms with Gasteiger partial charge in [-0.15, -0.1) is 0 Å². The van der Waals surface area contributed by atoms with E-state index < -0.39 is 0 Å². The third-order valence-corrected chi connectivity index (χ3v) is 1.90. The van der Waals surface area contributed by atoms with Crippen LogP contribution in [0.4, 0.5) is 0 Å². The summed E-state index contributed by atoms with van der Waals surface area (Å²) in [6.45, 7) is 0.971. The van der Waals surface area contributed by atoms with Crippen molar-refractivity contribution < 1.29 is 9.59 Å². The minimum atomic E-state index is -0.162. The molecule has 1 amide bonds. The van der Waals surface area contributed by atoms with E-state index in [4.69, 9.17) is 5.26 Å². The lowest BCUT2D eigenvalue weighted by molar-refractivity contribution is -0.133. The first-order valence-corrected chi connectivity index (χ1v) is 3.90. The van der Waals surface area contributed by atoms with Crippen LogP contribution in [-0.2, 0) is 9.59 Å². The third kappa shape index (κ3) is 2.06. The van der Waals surface area contributed by atoms with E-state index in [2.05, 4.69) is 0 Å². The maximum absolute atomic E-state index is 11.1. The molecule has 1 aliphatic rings. The zero-order valence-corrected chi connectivity index (χ0v) is 6.75.